The molecule has 3 heterocycles. The average Bonchev–Trinajstić information content (AvgIpc) is 3.52. The maximum atomic E-state index is 13.1. The molecule has 2 amide bonds. The van der Waals surface area contributed by atoms with Crippen molar-refractivity contribution in [1.82, 2.24) is 30.2 Å². The summed E-state index contributed by atoms with van der Waals surface area (Å²) in [4.78, 5) is 45.5. The zero-order chi connectivity index (χ0) is 24.6. The minimum atomic E-state index is -0.399. The topological polar surface area (TPSA) is 128 Å². The van der Waals surface area contributed by atoms with Crippen LogP contribution in [0.1, 0.15) is 39.6 Å². The molecule has 9 heteroatoms. The van der Waals surface area contributed by atoms with Crippen molar-refractivity contribution in [3.63, 3.8) is 0 Å². The molecule has 0 radical (unpaired) electrons. The van der Waals surface area contributed by atoms with Gasteiger partial charge < -0.3 is 15.3 Å². The first-order valence-corrected chi connectivity index (χ1v) is 11.5. The van der Waals surface area contributed by atoms with Crippen molar-refractivity contribution in [2.75, 3.05) is 5.32 Å². The molecule has 3 aromatic carbocycles. The van der Waals surface area contributed by atoms with Gasteiger partial charge in [0.05, 0.1) is 28.2 Å². The third-order valence-corrected chi connectivity index (χ3v) is 6.02. The van der Waals surface area contributed by atoms with E-state index in [1.807, 2.05) is 55.5 Å². The summed E-state index contributed by atoms with van der Waals surface area (Å²) in [6, 6.07) is 22.0. The largest absolute Gasteiger partial charge is 0.342 e. The van der Waals surface area contributed by atoms with Gasteiger partial charge in [-0.3, -0.25) is 19.9 Å². The lowest BCUT2D eigenvalue weighted by Gasteiger charge is -2.11. The van der Waals surface area contributed by atoms with E-state index in [-0.39, 0.29) is 23.6 Å². The van der Waals surface area contributed by atoms with Crippen LogP contribution in [0.25, 0.3) is 32.8 Å². The number of rotatable bonds is 5. The Labute approximate surface area is 205 Å². The zero-order valence-electron chi connectivity index (χ0n) is 19.2. The first kappa shape index (κ1) is 21.5. The summed E-state index contributed by atoms with van der Waals surface area (Å²) in [6.45, 7) is 1.86. The summed E-state index contributed by atoms with van der Waals surface area (Å²) in [5.41, 5.74) is 3.48. The summed E-state index contributed by atoms with van der Waals surface area (Å²) in [5, 5.41) is 7.59. The van der Waals surface area contributed by atoms with E-state index in [1.54, 1.807) is 30.5 Å². The van der Waals surface area contributed by atoms with Gasteiger partial charge in [0.2, 0.25) is 5.95 Å². The lowest BCUT2D eigenvalue weighted by Crippen LogP contribution is -2.27. The van der Waals surface area contributed by atoms with Crippen LogP contribution in [-0.2, 0) is 0 Å². The molecule has 9 nitrogen and oxygen atoms in total. The van der Waals surface area contributed by atoms with Gasteiger partial charge >= 0.3 is 0 Å². The minimum Gasteiger partial charge on any atom is -0.342 e. The molecular formula is C27H21N7O2. The molecule has 0 spiro atoms. The van der Waals surface area contributed by atoms with E-state index in [9.17, 15) is 9.59 Å². The molecule has 0 aliphatic heterocycles. The van der Waals surface area contributed by atoms with Crippen LogP contribution >= 0.6 is 0 Å². The second-order valence-corrected chi connectivity index (χ2v) is 8.49. The summed E-state index contributed by atoms with van der Waals surface area (Å²) in [6.07, 6.45) is 1.66. The second kappa shape index (κ2) is 8.62. The Morgan fingerprint density at radius 2 is 1.61 bits per heavy atom. The fourth-order valence-corrected chi connectivity index (χ4v) is 4.17. The summed E-state index contributed by atoms with van der Waals surface area (Å²) in [5.74, 6) is 0.198. The van der Waals surface area contributed by atoms with E-state index in [4.69, 9.17) is 0 Å². The Bertz CT molecular complexity index is 1740. The lowest BCUT2D eigenvalue weighted by atomic mass is 10.1. The summed E-state index contributed by atoms with van der Waals surface area (Å²) in [7, 11) is 0. The van der Waals surface area contributed by atoms with Gasteiger partial charge in [-0.2, -0.15) is 0 Å². The number of hydrogen-bond donors (Lipinski definition) is 4. The van der Waals surface area contributed by atoms with E-state index in [0.29, 0.717) is 22.4 Å². The van der Waals surface area contributed by atoms with Crippen molar-refractivity contribution in [3.05, 3.63) is 96.1 Å². The van der Waals surface area contributed by atoms with Crippen molar-refractivity contribution < 1.29 is 9.59 Å². The van der Waals surface area contributed by atoms with E-state index >= 15 is 0 Å². The number of para-hydroxylation sites is 3. The van der Waals surface area contributed by atoms with E-state index in [2.05, 4.69) is 35.6 Å². The molecule has 6 aromatic rings. The molecule has 6 rings (SSSR count). The van der Waals surface area contributed by atoms with Gasteiger partial charge in [-0.15, -0.1) is 0 Å². The van der Waals surface area contributed by atoms with Crippen LogP contribution in [0.3, 0.4) is 0 Å². The fraction of sp³-hybridized carbons (Fsp3) is 0.0741. The number of nitrogens with zero attached hydrogens (tertiary/aromatic N) is 3. The predicted octanol–water partition coefficient (Wildman–Crippen LogP) is 4.73. The number of pyridine rings is 1. The highest BCUT2D eigenvalue weighted by atomic mass is 16.2. The zero-order valence-corrected chi connectivity index (χ0v) is 19.2. The number of benzene rings is 3. The van der Waals surface area contributed by atoms with E-state index < -0.39 is 5.91 Å². The van der Waals surface area contributed by atoms with Crippen molar-refractivity contribution >= 4 is 50.6 Å². The second-order valence-electron chi connectivity index (χ2n) is 8.49. The highest BCUT2D eigenvalue weighted by Gasteiger charge is 2.19. The SMILES string of the molecule is CC(NC(=O)c1cccc2[nH]c(NC(=O)c3cc4ccccc4cn3)nc12)c1nc2ccccc2[nH]1. The van der Waals surface area contributed by atoms with Crippen LogP contribution in [0.4, 0.5) is 5.95 Å². The number of amides is 2. The number of carbonyl (C=O) groups excluding carboxylic acids is 2. The molecular weight excluding hydrogens is 454 g/mol. The van der Waals surface area contributed by atoms with Gasteiger partial charge in [-0.25, -0.2) is 9.97 Å². The molecule has 3 aromatic heterocycles. The smallest absolute Gasteiger partial charge is 0.276 e. The Balaban J connectivity index is 1.23. The number of H-pyrrole nitrogens is 2. The predicted molar refractivity (Wildman–Crippen MR) is 138 cm³/mol. The number of hydrogen-bond acceptors (Lipinski definition) is 5. The average molecular weight is 476 g/mol. The van der Waals surface area contributed by atoms with E-state index in [1.165, 1.54) is 0 Å². The minimum absolute atomic E-state index is 0.232. The Morgan fingerprint density at radius 3 is 2.47 bits per heavy atom. The fourth-order valence-electron chi connectivity index (χ4n) is 4.17. The molecule has 0 bridgehead atoms. The number of carbonyl (C=O) groups is 2. The van der Waals surface area contributed by atoms with Gasteiger partial charge in [-0.1, -0.05) is 42.5 Å². The first-order valence-electron chi connectivity index (χ1n) is 11.5. The molecule has 0 saturated carbocycles. The number of aromatic nitrogens is 5. The molecule has 1 atom stereocenters. The number of aromatic amines is 2. The summed E-state index contributed by atoms with van der Waals surface area (Å²) >= 11 is 0. The van der Waals surface area contributed by atoms with Gasteiger partial charge in [0, 0.05) is 11.6 Å². The van der Waals surface area contributed by atoms with Gasteiger partial charge in [-0.05, 0) is 42.6 Å². The molecule has 0 aliphatic rings. The Kier molecular flexibility index (Phi) is 5.15. The maximum absolute atomic E-state index is 13.1. The van der Waals surface area contributed by atoms with Crippen molar-refractivity contribution in [2.24, 2.45) is 0 Å². The maximum Gasteiger partial charge on any atom is 0.276 e. The molecule has 0 saturated heterocycles. The summed E-state index contributed by atoms with van der Waals surface area (Å²) < 4.78 is 0. The Morgan fingerprint density at radius 1 is 0.833 bits per heavy atom. The van der Waals surface area contributed by atoms with Crippen molar-refractivity contribution in [2.45, 2.75) is 13.0 Å². The Hall–Kier alpha value is -5.05. The van der Waals surface area contributed by atoms with Gasteiger partial charge in [0.1, 0.15) is 17.0 Å². The number of fused-ring (bicyclic) bond motifs is 3. The van der Waals surface area contributed by atoms with Crippen molar-refractivity contribution in [1.29, 1.82) is 0 Å². The van der Waals surface area contributed by atoms with Gasteiger partial charge in [0.25, 0.3) is 11.8 Å². The molecule has 0 fully saturated rings. The molecule has 4 N–H and O–H groups in total. The quantitative estimate of drug-likeness (QED) is 0.287. The standard InChI is InChI=1S/C27H21N7O2/c1-15(24-30-19-10-4-5-11-20(19)31-24)29-25(35)18-9-6-12-21-23(18)33-27(32-21)34-26(36)22-13-16-7-2-3-8-17(16)14-28-22/h2-15H,1H3,(H,29,35)(H,30,31)(H2,32,33,34,36). The monoisotopic (exact) mass is 475 g/mol. The van der Waals surface area contributed by atoms with E-state index in [0.717, 1.165) is 21.8 Å². The first-order chi connectivity index (χ1) is 17.5. The highest BCUT2D eigenvalue weighted by Crippen LogP contribution is 2.21. The number of imidazole rings is 2. The van der Waals surface area contributed by atoms with Gasteiger partial charge in [0.15, 0.2) is 0 Å². The van der Waals surface area contributed by atoms with Crippen molar-refractivity contribution in [3.8, 4) is 0 Å². The number of nitrogens with one attached hydrogen (secondary N) is 4. The van der Waals surface area contributed by atoms with Crippen LogP contribution in [0.2, 0.25) is 0 Å². The van der Waals surface area contributed by atoms with Crippen LogP contribution < -0.4 is 10.6 Å². The van der Waals surface area contributed by atoms with Crippen LogP contribution in [0.5, 0.6) is 0 Å². The molecule has 0 aliphatic carbocycles. The number of anilines is 1. The van der Waals surface area contributed by atoms with Crippen LogP contribution in [-0.4, -0.2) is 36.7 Å². The molecule has 1 unspecified atom stereocenters. The third kappa shape index (κ3) is 3.92. The molecule has 36 heavy (non-hydrogen) atoms. The molecule has 176 valence electrons. The van der Waals surface area contributed by atoms with Crippen LogP contribution in [0.15, 0.2) is 79.0 Å². The van der Waals surface area contributed by atoms with Crippen LogP contribution in [0, 0.1) is 0 Å². The highest BCUT2D eigenvalue weighted by molar-refractivity contribution is 6.07. The normalized spacial score (nSPS) is 12.1. The third-order valence-electron chi connectivity index (χ3n) is 6.02. The lowest BCUT2D eigenvalue weighted by molar-refractivity contribution is 0.0939.